The number of amides is 1. The number of fused-ring (bicyclic) bond motifs is 1. The Hall–Kier alpha value is -2.16. The monoisotopic (exact) mass is 281 g/mol. The van der Waals surface area contributed by atoms with Crippen molar-refractivity contribution >= 4 is 11.7 Å². The lowest BCUT2D eigenvalue weighted by Crippen LogP contribution is -2.49. The molecule has 3 heteroatoms. The molecule has 0 N–H and O–H groups in total. The number of hydrogen-bond donors (Lipinski definition) is 0. The summed E-state index contributed by atoms with van der Waals surface area (Å²) in [5.41, 5.74) is 1.15. The van der Waals surface area contributed by atoms with Gasteiger partial charge in [0.05, 0.1) is 11.3 Å². The van der Waals surface area contributed by atoms with Crippen LogP contribution in [0.4, 0.5) is 0 Å². The molecule has 1 aromatic rings. The van der Waals surface area contributed by atoms with Crippen molar-refractivity contribution in [3.63, 3.8) is 0 Å². The van der Waals surface area contributed by atoms with Gasteiger partial charge in [-0.2, -0.15) is 0 Å². The summed E-state index contributed by atoms with van der Waals surface area (Å²) in [6.07, 6.45) is 7.03. The molecule has 2 aliphatic rings. The molecule has 3 nitrogen and oxygen atoms in total. The topological polar surface area (TPSA) is 37.4 Å². The van der Waals surface area contributed by atoms with E-state index in [4.69, 9.17) is 0 Å². The van der Waals surface area contributed by atoms with Crippen LogP contribution < -0.4 is 0 Å². The number of benzene rings is 1. The van der Waals surface area contributed by atoms with Crippen LogP contribution in [-0.2, 0) is 4.79 Å². The maximum absolute atomic E-state index is 13.1. The first-order valence-electron chi connectivity index (χ1n) is 7.26. The van der Waals surface area contributed by atoms with Crippen molar-refractivity contribution in [2.75, 3.05) is 7.05 Å². The van der Waals surface area contributed by atoms with Gasteiger partial charge in [0.2, 0.25) is 5.91 Å². The van der Waals surface area contributed by atoms with Gasteiger partial charge < -0.3 is 4.90 Å². The Labute approximate surface area is 125 Å². The van der Waals surface area contributed by atoms with Crippen LogP contribution in [0.2, 0.25) is 0 Å². The van der Waals surface area contributed by atoms with Gasteiger partial charge in [-0.1, -0.05) is 48.1 Å². The van der Waals surface area contributed by atoms with Gasteiger partial charge in [0.25, 0.3) is 0 Å². The molecular weight excluding hydrogens is 262 g/mol. The average molecular weight is 281 g/mol. The number of nitrogens with zero attached hydrogens (tertiary/aromatic N) is 1. The van der Waals surface area contributed by atoms with Crippen molar-refractivity contribution in [3.8, 4) is 0 Å². The van der Waals surface area contributed by atoms with Gasteiger partial charge in [-0.15, -0.1) is 0 Å². The summed E-state index contributed by atoms with van der Waals surface area (Å²) in [4.78, 5) is 27.2. The van der Waals surface area contributed by atoms with Crippen molar-refractivity contribution in [2.45, 2.75) is 19.8 Å². The fourth-order valence-electron chi connectivity index (χ4n) is 3.31. The van der Waals surface area contributed by atoms with E-state index >= 15 is 0 Å². The van der Waals surface area contributed by atoms with Crippen molar-refractivity contribution in [1.82, 2.24) is 4.90 Å². The van der Waals surface area contributed by atoms with E-state index in [9.17, 15) is 9.59 Å². The van der Waals surface area contributed by atoms with Crippen LogP contribution in [-0.4, -0.2) is 23.6 Å². The van der Waals surface area contributed by atoms with E-state index in [1.807, 2.05) is 43.3 Å². The summed E-state index contributed by atoms with van der Waals surface area (Å²) in [5, 5.41) is 0. The second-order valence-corrected chi connectivity index (χ2v) is 6.01. The molecule has 108 valence electrons. The first kappa shape index (κ1) is 13.8. The highest BCUT2D eigenvalue weighted by Crippen LogP contribution is 2.47. The molecule has 0 unspecified atom stereocenters. The Morgan fingerprint density at radius 2 is 2.00 bits per heavy atom. The quantitative estimate of drug-likeness (QED) is 0.616. The smallest absolute Gasteiger partial charge is 0.231 e. The normalized spacial score (nSPS) is 28.1. The second-order valence-electron chi connectivity index (χ2n) is 6.01. The standard InChI is InChI=1S/C18H19NO2/c1-13-8-9-18(16(20)14-6-4-3-5-7-14)10-11-19(2)17(21)15(18)12-13/h3-8,10-11,15H,9,12H2,1-2H3/t15-,18-/m0/s1. The summed E-state index contributed by atoms with van der Waals surface area (Å²) < 4.78 is 0. The number of carbonyl (C=O) groups is 2. The Balaban J connectivity index is 2.09. The zero-order valence-electron chi connectivity index (χ0n) is 12.4. The van der Waals surface area contributed by atoms with Gasteiger partial charge in [-0.05, 0) is 19.8 Å². The van der Waals surface area contributed by atoms with Crippen LogP contribution in [0.25, 0.3) is 0 Å². The highest BCUT2D eigenvalue weighted by molar-refractivity contribution is 6.05. The summed E-state index contributed by atoms with van der Waals surface area (Å²) in [5.74, 6) is -0.200. The van der Waals surface area contributed by atoms with E-state index in [1.165, 1.54) is 5.57 Å². The minimum Gasteiger partial charge on any atom is -0.322 e. The van der Waals surface area contributed by atoms with Gasteiger partial charge in [0.15, 0.2) is 5.78 Å². The fraction of sp³-hybridized carbons (Fsp3) is 0.333. The fourth-order valence-corrected chi connectivity index (χ4v) is 3.31. The van der Waals surface area contributed by atoms with Crippen molar-refractivity contribution in [2.24, 2.45) is 11.3 Å². The van der Waals surface area contributed by atoms with E-state index in [-0.39, 0.29) is 17.6 Å². The molecule has 21 heavy (non-hydrogen) atoms. The maximum Gasteiger partial charge on any atom is 0.231 e. The van der Waals surface area contributed by atoms with Crippen molar-refractivity contribution in [1.29, 1.82) is 0 Å². The Kier molecular flexibility index (Phi) is 3.28. The zero-order valence-corrected chi connectivity index (χ0v) is 12.4. The summed E-state index contributed by atoms with van der Waals surface area (Å²) in [7, 11) is 1.75. The van der Waals surface area contributed by atoms with E-state index in [1.54, 1.807) is 18.1 Å². The van der Waals surface area contributed by atoms with Crippen LogP contribution in [0.3, 0.4) is 0 Å². The number of carbonyl (C=O) groups excluding carboxylic acids is 2. The molecule has 3 rings (SSSR count). The van der Waals surface area contributed by atoms with Gasteiger partial charge in [0.1, 0.15) is 0 Å². The molecule has 1 aromatic carbocycles. The molecule has 0 aromatic heterocycles. The number of hydrogen-bond acceptors (Lipinski definition) is 2. The van der Waals surface area contributed by atoms with Crippen LogP contribution >= 0.6 is 0 Å². The zero-order chi connectivity index (χ0) is 15.0. The molecule has 1 heterocycles. The van der Waals surface area contributed by atoms with Crippen LogP contribution in [0.15, 0.2) is 54.3 Å². The second kappa shape index (κ2) is 4.99. The summed E-state index contributed by atoms with van der Waals surface area (Å²) in [6, 6.07) is 9.28. The van der Waals surface area contributed by atoms with Gasteiger partial charge in [0, 0.05) is 18.8 Å². The number of Topliss-reactive ketones (excluding diaryl/α,β-unsaturated/α-hetero) is 1. The Morgan fingerprint density at radius 3 is 2.71 bits per heavy atom. The van der Waals surface area contributed by atoms with E-state index in [0.717, 1.165) is 0 Å². The molecule has 0 spiro atoms. The minimum atomic E-state index is -0.718. The SMILES string of the molecule is CC1=CC[C@]2(C(=O)c3ccccc3)C=CN(C)C(=O)[C@@H]2C1. The lowest BCUT2D eigenvalue weighted by Gasteiger charge is -2.43. The summed E-state index contributed by atoms with van der Waals surface area (Å²) in [6.45, 7) is 2.03. The molecular formula is C18H19NO2. The maximum atomic E-state index is 13.1. The van der Waals surface area contributed by atoms with Gasteiger partial charge in [-0.3, -0.25) is 9.59 Å². The highest BCUT2D eigenvalue weighted by Gasteiger charge is 2.50. The van der Waals surface area contributed by atoms with E-state index in [2.05, 4.69) is 6.08 Å². The van der Waals surface area contributed by atoms with E-state index in [0.29, 0.717) is 18.4 Å². The largest absolute Gasteiger partial charge is 0.322 e. The van der Waals surface area contributed by atoms with E-state index < -0.39 is 5.41 Å². The predicted octanol–water partition coefficient (Wildman–Crippen LogP) is 3.20. The number of rotatable bonds is 2. The first-order chi connectivity index (χ1) is 10.0. The molecule has 1 aliphatic carbocycles. The van der Waals surface area contributed by atoms with Crippen LogP contribution in [0, 0.1) is 11.3 Å². The molecule has 0 radical (unpaired) electrons. The average Bonchev–Trinajstić information content (AvgIpc) is 2.52. The number of ketones is 1. The van der Waals surface area contributed by atoms with Crippen LogP contribution in [0.5, 0.6) is 0 Å². The lowest BCUT2D eigenvalue weighted by molar-refractivity contribution is -0.135. The Morgan fingerprint density at radius 1 is 1.29 bits per heavy atom. The van der Waals surface area contributed by atoms with Crippen LogP contribution in [0.1, 0.15) is 30.1 Å². The lowest BCUT2D eigenvalue weighted by atomic mass is 9.62. The molecule has 0 saturated heterocycles. The third kappa shape index (κ3) is 2.13. The van der Waals surface area contributed by atoms with Gasteiger partial charge in [-0.25, -0.2) is 0 Å². The first-order valence-corrected chi connectivity index (χ1v) is 7.26. The third-order valence-corrected chi connectivity index (χ3v) is 4.64. The molecule has 2 atom stereocenters. The summed E-state index contributed by atoms with van der Waals surface area (Å²) >= 11 is 0. The predicted molar refractivity (Wildman–Crippen MR) is 81.6 cm³/mol. The molecule has 0 saturated carbocycles. The number of allylic oxidation sites excluding steroid dienone is 3. The molecule has 0 fully saturated rings. The highest BCUT2D eigenvalue weighted by atomic mass is 16.2. The Bertz CT molecular complexity index is 644. The van der Waals surface area contributed by atoms with Gasteiger partial charge >= 0.3 is 0 Å². The molecule has 1 amide bonds. The molecule has 0 bridgehead atoms. The minimum absolute atomic E-state index is 0.0363. The molecule has 1 aliphatic heterocycles. The third-order valence-electron chi connectivity index (χ3n) is 4.64. The van der Waals surface area contributed by atoms with Crippen molar-refractivity contribution in [3.05, 3.63) is 59.8 Å². The van der Waals surface area contributed by atoms with Crippen molar-refractivity contribution < 1.29 is 9.59 Å².